The lowest BCUT2D eigenvalue weighted by Crippen LogP contribution is -2.06. The van der Waals surface area contributed by atoms with Crippen LogP contribution in [0.4, 0.5) is 0 Å². The van der Waals surface area contributed by atoms with E-state index in [1.807, 2.05) is 12.1 Å². The van der Waals surface area contributed by atoms with Gasteiger partial charge in [0.2, 0.25) is 0 Å². The van der Waals surface area contributed by atoms with Crippen LogP contribution in [-0.2, 0) is 11.3 Å². The molecule has 0 amide bonds. The summed E-state index contributed by atoms with van der Waals surface area (Å²) in [6.07, 6.45) is 0. The lowest BCUT2D eigenvalue weighted by atomic mass is 10.2. The van der Waals surface area contributed by atoms with E-state index in [1.165, 1.54) is 13.2 Å². The Hall–Kier alpha value is -2.69. The second kappa shape index (κ2) is 6.65. The van der Waals surface area contributed by atoms with Crippen LogP contribution in [-0.4, -0.2) is 25.3 Å². The Morgan fingerprint density at radius 2 is 1.86 bits per heavy atom. The molecule has 2 rings (SSSR count). The van der Waals surface area contributed by atoms with E-state index in [4.69, 9.17) is 14.2 Å². The van der Waals surface area contributed by atoms with E-state index in [9.17, 15) is 9.90 Å². The minimum absolute atomic E-state index is 0.0669. The summed E-state index contributed by atoms with van der Waals surface area (Å²) in [4.78, 5) is 12.0. The first kappa shape index (κ1) is 14.7. The number of rotatable bonds is 5. The van der Waals surface area contributed by atoms with Gasteiger partial charge in [0, 0.05) is 0 Å². The Morgan fingerprint density at radius 1 is 1.10 bits per heavy atom. The topological polar surface area (TPSA) is 65.0 Å². The molecule has 0 aromatic heterocycles. The van der Waals surface area contributed by atoms with Crippen molar-refractivity contribution in [3.63, 3.8) is 0 Å². The highest BCUT2D eigenvalue weighted by atomic mass is 16.5. The molecule has 0 bridgehead atoms. The molecule has 0 atom stereocenters. The maximum absolute atomic E-state index is 12.0. The summed E-state index contributed by atoms with van der Waals surface area (Å²) in [7, 11) is 2.99. The van der Waals surface area contributed by atoms with Gasteiger partial charge in [-0.2, -0.15) is 0 Å². The van der Waals surface area contributed by atoms with Crippen molar-refractivity contribution in [3.05, 3.63) is 53.6 Å². The molecule has 5 nitrogen and oxygen atoms in total. The van der Waals surface area contributed by atoms with Crippen molar-refractivity contribution in [2.45, 2.75) is 6.61 Å². The lowest BCUT2D eigenvalue weighted by Gasteiger charge is -2.09. The number of methoxy groups -OCH3 is 2. The largest absolute Gasteiger partial charge is 0.504 e. The molecule has 0 unspecified atom stereocenters. The van der Waals surface area contributed by atoms with Crippen LogP contribution in [0.15, 0.2) is 42.5 Å². The average Bonchev–Trinajstić information content (AvgIpc) is 2.53. The van der Waals surface area contributed by atoms with Gasteiger partial charge in [-0.3, -0.25) is 0 Å². The summed E-state index contributed by atoms with van der Waals surface area (Å²) in [5, 5.41) is 9.89. The number of aromatic hydroxyl groups is 1. The highest BCUT2D eigenvalue weighted by Crippen LogP contribution is 2.30. The van der Waals surface area contributed by atoms with Gasteiger partial charge in [0.05, 0.1) is 14.2 Å². The van der Waals surface area contributed by atoms with Crippen LogP contribution in [0.5, 0.6) is 17.2 Å². The second-order valence-corrected chi connectivity index (χ2v) is 4.28. The van der Waals surface area contributed by atoms with E-state index >= 15 is 0 Å². The SMILES string of the molecule is COc1cccc(COC(=O)c2cccc(OC)c2O)c1. The van der Waals surface area contributed by atoms with Gasteiger partial charge in [0.1, 0.15) is 17.9 Å². The molecule has 2 aromatic rings. The zero-order valence-electron chi connectivity index (χ0n) is 11.8. The predicted molar refractivity (Wildman–Crippen MR) is 76.8 cm³/mol. The van der Waals surface area contributed by atoms with Crippen molar-refractivity contribution in [3.8, 4) is 17.2 Å². The Balaban J connectivity index is 2.08. The van der Waals surface area contributed by atoms with Gasteiger partial charge in [0.25, 0.3) is 0 Å². The Bertz CT molecular complexity index is 636. The molecule has 5 heteroatoms. The third-order valence-electron chi connectivity index (χ3n) is 2.94. The highest BCUT2D eigenvalue weighted by molar-refractivity contribution is 5.93. The summed E-state index contributed by atoms with van der Waals surface area (Å²) in [6, 6.07) is 11.9. The van der Waals surface area contributed by atoms with E-state index < -0.39 is 5.97 Å². The predicted octanol–water partition coefficient (Wildman–Crippen LogP) is 2.77. The van der Waals surface area contributed by atoms with E-state index in [0.717, 1.165) is 5.56 Å². The number of carbonyl (C=O) groups is 1. The van der Waals surface area contributed by atoms with Crippen molar-refractivity contribution in [1.82, 2.24) is 0 Å². The fourth-order valence-electron chi connectivity index (χ4n) is 1.84. The fraction of sp³-hybridized carbons (Fsp3) is 0.188. The smallest absolute Gasteiger partial charge is 0.342 e. The molecule has 110 valence electrons. The molecular weight excluding hydrogens is 272 g/mol. The number of hydrogen-bond acceptors (Lipinski definition) is 5. The Morgan fingerprint density at radius 3 is 2.57 bits per heavy atom. The quantitative estimate of drug-likeness (QED) is 0.857. The first-order chi connectivity index (χ1) is 10.2. The van der Waals surface area contributed by atoms with Gasteiger partial charge in [-0.25, -0.2) is 4.79 Å². The van der Waals surface area contributed by atoms with Crippen LogP contribution in [0.3, 0.4) is 0 Å². The van der Waals surface area contributed by atoms with E-state index in [-0.39, 0.29) is 23.7 Å². The first-order valence-corrected chi connectivity index (χ1v) is 6.31. The number of ether oxygens (including phenoxy) is 3. The molecule has 0 heterocycles. The molecule has 0 saturated heterocycles. The third kappa shape index (κ3) is 3.45. The van der Waals surface area contributed by atoms with Gasteiger partial charge in [-0.05, 0) is 29.8 Å². The number of phenols is 1. The van der Waals surface area contributed by atoms with Crippen molar-refractivity contribution in [2.75, 3.05) is 14.2 Å². The summed E-state index contributed by atoms with van der Waals surface area (Å²) in [6.45, 7) is 0.0900. The number of para-hydroxylation sites is 1. The maximum atomic E-state index is 12.0. The first-order valence-electron chi connectivity index (χ1n) is 6.31. The van der Waals surface area contributed by atoms with Gasteiger partial charge < -0.3 is 19.3 Å². The van der Waals surface area contributed by atoms with Gasteiger partial charge in [-0.1, -0.05) is 18.2 Å². The standard InChI is InChI=1S/C16H16O5/c1-19-12-6-3-5-11(9-12)10-21-16(18)13-7-4-8-14(20-2)15(13)17/h3-9,17H,10H2,1-2H3. The van der Waals surface area contributed by atoms with Gasteiger partial charge in [-0.15, -0.1) is 0 Å². The zero-order valence-corrected chi connectivity index (χ0v) is 11.8. The van der Waals surface area contributed by atoms with Crippen LogP contribution in [0.1, 0.15) is 15.9 Å². The van der Waals surface area contributed by atoms with Crippen LogP contribution >= 0.6 is 0 Å². The van der Waals surface area contributed by atoms with Crippen LogP contribution < -0.4 is 9.47 Å². The molecule has 0 radical (unpaired) electrons. The number of benzene rings is 2. The van der Waals surface area contributed by atoms with Crippen molar-refractivity contribution >= 4 is 5.97 Å². The Labute approximate surface area is 122 Å². The van der Waals surface area contributed by atoms with Crippen molar-refractivity contribution in [2.24, 2.45) is 0 Å². The highest BCUT2D eigenvalue weighted by Gasteiger charge is 2.16. The number of phenolic OH excluding ortho intramolecular Hbond substituents is 1. The monoisotopic (exact) mass is 288 g/mol. The van der Waals surface area contributed by atoms with Crippen molar-refractivity contribution < 1.29 is 24.1 Å². The molecule has 0 fully saturated rings. The molecule has 21 heavy (non-hydrogen) atoms. The molecule has 0 aliphatic rings. The van der Waals surface area contributed by atoms with E-state index in [2.05, 4.69) is 0 Å². The minimum atomic E-state index is -0.616. The molecule has 0 aliphatic carbocycles. The summed E-state index contributed by atoms with van der Waals surface area (Å²) in [5.41, 5.74) is 0.863. The molecule has 0 saturated carbocycles. The van der Waals surface area contributed by atoms with E-state index in [0.29, 0.717) is 5.75 Å². The lowest BCUT2D eigenvalue weighted by molar-refractivity contribution is 0.0468. The van der Waals surface area contributed by atoms with Gasteiger partial charge >= 0.3 is 5.97 Å². The molecule has 0 aliphatic heterocycles. The average molecular weight is 288 g/mol. The number of hydrogen-bond donors (Lipinski definition) is 1. The molecule has 0 spiro atoms. The minimum Gasteiger partial charge on any atom is -0.504 e. The van der Waals surface area contributed by atoms with E-state index in [1.54, 1.807) is 31.4 Å². The fourth-order valence-corrected chi connectivity index (χ4v) is 1.84. The van der Waals surface area contributed by atoms with Crippen molar-refractivity contribution in [1.29, 1.82) is 0 Å². The third-order valence-corrected chi connectivity index (χ3v) is 2.94. The number of esters is 1. The van der Waals surface area contributed by atoms with Crippen LogP contribution in [0, 0.1) is 0 Å². The second-order valence-electron chi connectivity index (χ2n) is 4.28. The summed E-state index contributed by atoms with van der Waals surface area (Å²) >= 11 is 0. The van der Waals surface area contributed by atoms with Gasteiger partial charge in [0.15, 0.2) is 11.5 Å². The summed E-state index contributed by atoms with van der Waals surface area (Å²) in [5.74, 6) is 0.0727. The van der Waals surface area contributed by atoms with Crippen LogP contribution in [0.2, 0.25) is 0 Å². The zero-order chi connectivity index (χ0) is 15.2. The van der Waals surface area contributed by atoms with Crippen LogP contribution in [0.25, 0.3) is 0 Å². The molecule has 2 aromatic carbocycles. The normalized spacial score (nSPS) is 10.0. The molecular formula is C16H16O5. The molecule has 1 N–H and O–H groups in total. The summed E-state index contributed by atoms with van der Waals surface area (Å²) < 4.78 is 15.2. The Kier molecular flexibility index (Phi) is 4.66. The maximum Gasteiger partial charge on any atom is 0.342 e. The number of carbonyl (C=O) groups excluding carboxylic acids is 1.